The fourth-order valence-electron chi connectivity index (χ4n) is 12.9. The SMILES string of the molecule is CC(=O)O[C@H]1CC[C@]2(C)[C@H]3CC[C@@H]4[C@H]5C(C(C)C)C(=O)C[C@]5(C(=O)C(=O)NCc5cccs5)CC[C@@]4(C)[C@]3(C)CC[C@H]2C1(C)C. The lowest BCUT2D eigenvalue weighted by Gasteiger charge is -2.72. The van der Waals surface area contributed by atoms with Crippen LogP contribution in [-0.4, -0.2) is 29.5 Å². The molecule has 248 valence electrons. The molecular weight excluding hydrogens is 582 g/mol. The first-order valence-electron chi connectivity index (χ1n) is 17.6. The van der Waals surface area contributed by atoms with Gasteiger partial charge in [0.25, 0.3) is 5.91 Å². The van der Waals surface area contributed by atoms with Gasteiger partial charge in [-0.05, 0) is 109 Å². The van der Waals surface area contributed by atoms with E-state index >= 15 is 0 Å². The standard InChI is InChI=1S/C38H55NO5S/c1-22(2)30-26(41)20-38(32(42)33(43)39-21-24-10-9-19-45-24)18-17-36(7)25(31(30)38)11-12-28-35(6)15-14-29(44-23(3)40)34(4,5)27(35)13-16-37(28,36)8/h9-10,19,22,25,27-31H,11-18,20-21H2,1-8H3,(H,39,43)/t25-,27+,28-,29+,30?,31+,35+,36-,37-,38-/m1/s1. The van der Waals surface area contributed by atoms with Crippen LogP contribution in [0.4, 0.5) is 0 Å². The molecule has 5 aliphatic carbocycles. The van der Waals surface area contributed by atoms with Gasteiger partial charge in [0, 0.05) is 35.0 Å². The summed E-state index contributed by atoms with van der Waals surface area (Å²) in [5, 5.41) is 4.89. The second-order valence-electron chi connectivity index (χ2n) is 17.3. The Morgan fingerprint density at radius 2 is 1.69 bits per heavy atom. The molecule has 6 rings (SSSR count). The molecule has 5 saturated carbocycles. The van der Waals surface area contributed by atoms with Crippen molar-refractivity contribution in [2.45, 2.75) is 126 Å². The first kappa shape index (κ1) is 32.9. The summed E-state index contributed by atoms with van der Waals surface area (Å²) in [6.07, 6.45) is 7.91. The number of carbonyl (C=O) groups excluding carboxylic acids is 4. The van der Waals surface area contributed by atoms with Crippen LogP contribution < -0.4 is 5.32 Å². The summed E-state index contributed by atoms with van der Waals surface area (Å²) < 4.78 is 5.92. The fourth-order valence-corrected chi connectivity index (χ4v) is 13.5. The molecule has 1 unspecified atom stereocenters. The summed E-state index contributed by atoms with van der Waals surface area (Å²) in [7, 11) is 0. The van der Waals surface area contributed by atoms with Crippen LogP contribution in [0.2, 0.25) is 0 Å². The Hall–Kier alpha value is -2.02. The van der Waals surface area contributed by atoms with Gasteiger partial charge in [-0.3, -0.25) is 19.2 Å². The first-order chi connectivity index (χ1) is 21.0. The Balaban J connectivity index is 1.33. The molecule has 1 heterocycles. The predicted molar refractivity (Wildman–Crippen MR) is 176 cm³/mol. The van der Waals surface area contributed by atoms with Crippen LogP contribution in [-0.2, 0) is 30.5 Å². The number of nitrogens with one attached hydrogen (secondary N) is 1. The van der Waals surface area contributed by atoms with Gasteiger partial charge in [0.15, 0.2) is 0 Å². The van der Waals surface area contributed by atoms with Crippen molar-refractivity contribution >= 4 is 34.8 Å². The molecular formula is C38H55NO5S. The van der Waals surface area contributed by atoms with Crippen LogP contribution in [0.3, 0.4) is 0 Å². The Morgan fingerprint density at radius 1 is 0.956 bits per heavy atom. The normalized spacial score (nSPS) is 43.4. The second kappa shape index (κ2) is 11.0. The number of thiophene rings is 1. The Morgan fingerprint density at radius 3 is 2.33 bits per heavy atom. The highest BCUT2D eigenvalue weighted by molar-refractivity contribution is 7.09. The minimum Gasteiger partial charge on any atom is -0.462 e. The van der Waals surface area contributed by atoms with Crippen LogP contribution in [0.25, 0.3) is 0 Å². The molecule has 0 aromatic carbocycles. The Bertz CT molecular complexity index is 1370. The molecule has 0 aliphatic heterocycles. The maximum atomic E-state index is 14.3. The quantitative estimate of drug-likeness (QED) is 0.254. The van der Waals surface area contributed by atoms with E-state index in [0.29, 0.717) is 24.8 Å². The van der Waals surface area contributed by atoms with Crippen molar-refractivity contribution in [3.05, 3.63) is 22.4 Å². The molecule has 1 aromatic heterocycles. The van der Waals surface area contributed by atoms with Crippen LogP contribution >= 0.6 is 11.3 Å². The van der Waals surface area contributed by atoms with E-state index in [1.165, 1.54) is 6.92 Å². The number of fused-ring (bicyclic) bond motifs is 7. The summed E-state index contributed by atoms with van der Waals surface area (Å²) in [6.45, 7) is 18.3. The van der Waals surface area contributed by atoms with E-state index in [9.17, 15) is 19.2 Å². The highest BCUT2D eigenvalue weighted by atomic mass is 32.1. The molecule has 6 nitrogen and oxygen atoms in total. The van der Waals surface area contributed by atoms with E-state index in [2.05, 4.69) is 53.8 Å². The number of esters is 1. The Labute approximate surface area is 274 Å². The minimum absolute atomic E-state index is 0.0274. The third-order valence-corrected chi connectivity index (χ3v) is 15.9. The highest BCUT2D eigenvalue weighted by Crippen LogP contribution is 2.77. The summed E-state index contributed by atoms with van der Waals surface area (Å²) in [4.78, 5) is 54.8. The third kappa shape index (κ3) is 4.66. The van der Waals surface area contributed by atoms with Crippen molar-refractivity contribution in [1.82, 2.24) is 5.32 Å². The maximum absolute atomic E-state index is 14.3. The van der Waals surface area contributed by atoms with E-state index in [0.717, 1.165) is 49.8 Å². The van der Waals surface area contributed by atoms with Gasteiger partial charge in [-0.2, -0.15) is 0 Å². The van der Waals surface area contributed by atoms with Crippen molar-refractivity contribution in [2.24, 2.45) is 62.6 Å². The lowest BCUT2D eigenvalue weighted by molar-refractivity contribution is -0.249. The van der Waals surface area contributed by atoms with Gasteiger partial charge in [0.1, 0.15) is 11.9 Å². The zero-order chi connectivity index (χ0) is 32.7. The maximum Gasteiger partial charge on any atom is 0.302 e. The summed E-state index contributed by atoms with van der Waals surface area (Å²) in [5.74, 6) is 0.199. The zero-order valence-corrected chi connectivity index (χ0v) is 29.6. The molecule has 1 aromatic rings. The molecule has 0 spiro atoms. The average molecular weight is 638 g/mol. The summed E-state index contributed by atoms with van der Waals surface area (Å²) in [5.41, 5.74) is -0.820. The van der Waals surface area contributed by atoms with Crippen LogP contribution in [0.1, 0.15) is 118 Å². The van der Waals surface area contributed by atoms with Gasteiger partial charge in [-0.25, -0.2) is 0 Å². The van der Waals surface area contributed by atoms with Gasteiger partial charge in [-0.1, -0.05) is 54.5 Å². The molecule has 0 saturated heterocycles. The van der Waals surface area contributed by atoms with Gasteiger partial charge in [-0.15, -0.1) is 11.3 Å². The van der Waals surface area contributed by atoms with Crippen molar-refractivity contribution in [3.63, 3.8) is 0 Å². The molecule has 5 fully saturated rings. The lowest BCUT2D eigenvalue weighted by atomic mass is 9.32. The van der Waals surface area contributed by atoms with Crippen molar-refractivity contribution in [3.8, 4) is 0 Å². The van der Waals surface area contributed by atoms with Crippen molar-refractivity contribution in [1.29, 1.82) is 0 Å². The molecule has 0 radical (unpaired) electrons. The third-order valence-electron chi connectivity index (χ3n) is 15.0. The van der Waals surface area contributed by atoms with Gasteiger partial charge in [0.2, 0.25) is 5.78 Å². The van der Waals surface area contributed by atoms with E-state index in [1.54, 1.807) is 11.3 Å². The number of hydrogen-bond donors (Lipinski definition) is 1. The largest absolute Gasteiger partial charge is 0.462 e. The molecule has 45 heavy (non-hydrogen) atoms. The highest BCUT2D eigenvalue weighted by Gasteiger charge is 2.73. The topological polar surface area (TPSA) is 89.5 Å². The number of Topliss-reactive ketones (excluding diaryl/α,β-unsaturated/α-hetero) is 2. The van der Waals surface area contributed by atoms with E-state index in [1.807, 2.05) is 17.5 Å². The van der Waals surface area contributed by atoms with Gasteiger partial charge >= 0.3 is 5.97 Å². The molecule has 7 heteroatoms. The van der Waals surface area contributed by atoms with Gasteiger partial charge < -0.3 is 10.1 Å². The summed E-state index contributed by atoms with van der Waals surface area (Å²) in [6, 6.07) is 3.92. The number of carbonyl (C=O) groups is 4. The molecule has 0 bridgehead atoms. The number of amides is 1. The second-order valence-corrected chi connectivity index (χ2v) is 18.3. The first-order valence-corrected chi connectivity index (χ1v) is 18.5. The monoisotopic (exact) mass is 637 g/mol. The Kier molecular flexibility index (Phi) is 8.06. The lowest BCUT2D eigenvalue weighted by Crippen LogP contribution is -2.67. The van der Waals surface area contributed by atoms with E-state index < -0.39 is 11.3 Å². The smallest absolute Gasteiger partial charge is 0.302 e. The van der Waals surface area contributed by atoms with Crippen molar-refractivity contribution in [2.75, 3.05) is 0 Å². The summed E-state index contributed by atoms with van der Waals surface area (Å²) >= 11 is 1.57. The number of hydrogen-bond acceptors (Lipinski definition) is 6. The molecule has 5 aliphatic rings. The van der Waals surface area contributed by atoms with E-state index in [-0.39, 0.29) is 75.4 Å². The van der Waals surface area contributed by atoms with E-state index in [4.69, 9.17) is 4.74 Å². The van der Waals surface area contributed by atoms with Crippen LogP contribution in [0, 0.1) is 62.6 Å². The molecule has 10 atom stereocenters. The minimum atomic E-state index is -0.899. The number of ether oxygens (including phenoxy) is 1. The predicted octanol–water partition coefficient (Wildman–Crippen LogP) is 7.78. The van der Waals surface area contributed by atoms with Gasteiger partial charge in [0.05, 0.1) is 6.54 Å². The zero-order valence-electron chi connectivity index (χ0n) is 28.8. The number of rotatable bonds is 6. The van der Waals surface area contributed by atoms with Crippen molar-refractivity contribution < 1.29 is 23.9 Å². The average Bonchev–Trinajstić information content (AvgIpc) is 3.59. The molecule has 1 N–H and O–H groups in total. The van der Waals surface area contributed by atoms with Crippen LogP contribution in [0.15, 0.2) is 17.5 Å². The molecule has 1 amide bonds. The van der Waals surface area contributed by atoms with Crippen LogP contribution in [0.5, 0.6) is 0 Å². The number of ketones is 2. The fraction of sp³-hybridized carbons (Fsp3) is 0.789.